The second-order valence-electron chi connectivity index (χ2n) is 6.33. The number of sulfonamides is 1. The maximum Gasteiger partial charge on any atom is 0.274 e. The van der Waals surface area contributed by atoms with E-state index in [0.717, 1.165) is 6.07 Å². The highest BCUT2D eigenvalue weighted by Crippen LogP contribution is 2.26. The Hall–Kier alpha value is -3.14. The molecule has 3 rings (SSSR count). The van der Waals surface area contributed by atoms with Gasteiger partial charge in [-0.05, 0) is 42.5 Å². The number of para-hydroxylation sites is 1. The lowest BCUT2D eigenvalue weighted by Gasteiger charge is -2.12. The average Bonchev–Trinajstić information content (AvgIpc) is 2.73. The van der Waals surface area contributed by atoms with E-state index in [1.165, 1.54) is 54.6 Å². The Morgan fingerprint density at radius 2 is 1.68 bits per heavy atom. The number of hydrogen-bond acceptors (Lipinski definition) is 5. The molecule has 0 spiro atoms. The van der Waals surface area contributed by atoms with E-state index in [0.29, 0.717) is 10.6 Å². The Balaban J connectivity index is 1.81. The number of halogens is 2. The van der Waals surface area contributed by atoms with Crippen LogP contribution in [0.5, 0.6) is 0 Å². The van der Waals surface area contributed by atoms with Crippen LogP contribution in [0, 0.1) is 10.1 Å². The predicted molar refractivity (Wildman–Crippen MR) is 118 cm³/mol. The fourth-order valence-electron chi connectivity index (χ4n) is 2.69. The number of nitrogens with one attached hydrogen (secondary N) is 2. The standard InChI is InChI=1S/C20H15Cl2N3O5S/c21-15-6-8-16(9-7-15)24-31(29,30)19-11-13(5-10-17(19)22)20(26)23-12-14-3-1-2-4-18(14)25(27)28/h1-11,24H,12H2,(H,23,26). The van der Waals surface area contributed by atoms with Gasteiger partial charge in [0.1, 0.15) is 4.90 Å². The molecule has 0 aliphatic carbocycles. The van der Waals surface area contributed by atoms with Crippen LogP contribution in [0.3, 0.4) is 0 Å². The van der Waals surface area contributed by atoms with Crippen LogP contribution in [0.1, 0.15) is 15.9 Å². The molecule has 3 aromatic rings. The molecule has 160 valence electrons. The largest absolute Gasteiger partial charge is 0.348 e. The number of carbonyl (C=O) groups excluding carboxylic acids is 1. The number of nitro groups is 1. The fourth-order valence-corrected chi connectivity index (χ4v) is 4.41. The number of carbonyl (C=O) groups is 1. The van der Waals surface area contributed by atoms with Crippen LogP contribution in [0.4, 0.5) is 11.4 Å². The first-order chi connectivity index (χ1) is 14.7. The van der Waals surface area contributed by atoms with Crippen LogP contribution >= 0.6 is 23.2 Å². The van der Waals surface area contributed by atoms with Crippen molar-refractivity contribution in [3.05, 3.63) is 98.0 Å². The maximum absolute atomic E-state index is 12.7. The van der Waals surface area contributed by atoms with Crippen LogP contribution in [0.25, 0.3) is 0 Å². The summed E-state index contributed by atoms with van der Waals surface area (Å²) in [7, 11) is -4.09. The monoisotopic (exact) mass is 479 g/mol. The number of nitro benzene ring substituents is 1. The van der Waals surface area contributed by atoms with E-state index in [-0.39, 0.29) is 33.4 Å². The van der Waals surface area contributed by atoms with Crippen LogP contribution in [0.15, 0.2) is 71.6 Å². The molecule has 0 aromatic heterocycles. The van der Waals surface area contributed by atoms with Gasteiger partial charge in [-0.15, -0.1) is 0 Å². The van der Waals surface area contributed by atoms with Crippen molar-refractivity contribution in [1.82, 2.24) is 5.32 Å². The zero-order valence-corrected chi connectivity index (χ0v) is 18.0. The highest BCUT2D eigenvalue weighted by atomic mass is 35.5. The van der Waals surface area contributed by atoms with E-state index >= 15 is 0 Å². The number of anilines is 1. The highest BCUT2D eigenvalue weighted by Gasteiger charge is 2.21. The Morgan fingerprint density at radius 1 is 1.00 bits per heavy atom. The molecule has 11 heteroatoms. The summed E-state index contributed by atoms with van der Waals surface area (Å²) in [5.74, 6) is -0.613. The Kier molecular flexibility index (Phi) is 6.79. The van der Waals surface area contributed by atoms with E-state index in [4.69, 9.17) is 23.2 Å². The first kappa shape index (κ1) is 22.5. The Morgan fingerprint density at radius 3 is 2.35 bits per heavy atom. The smallest absolute Gasteiger partial charge is 0.274 e. The molecule has 0 radical (unpaired) electrons. The minimum Gasteiger partial charge on any atom is -0.348 e. The molecular weight excluding hydrogens is 465 g/mol. The van der Waals surface area contributed by atoms with E-state index in [1.54, 1.807) is 6.07 Å². The third kappa shape index (κ3) is 5.52. The summed E-state index contributed by atoms with van der Waals surface area (Å²) in [6.45, 7) is -0.107. The molecule has 2 N–H and O–H groups in total. The van der Waals surface area contributed by atoms with Crippen LogP contribution in [-0.4, -0.2) is 19.2 Å². The van der Waals surface area contributed by atoms with E-state index in [9.17, 15) is 23.3 Å². The van der Waals surface area contributed by atoms with Gasteiger partial charge in [-0.25, -0.2) is 8.42 Å². The molecule has 0 saturated carbocycles. The van der Waals surface area contributed by atoms with Crippen molar-refractivity contribution >= 4 is 50.5 Å². The lowest BCUT2D eigenvalue weighted by molar-refractivity contribution is -0.385. The van der Waals surface area contributed by atoms with Crippen LogP contribution in [0.2, 0.25) is 10.0 Å². The number of benzene rings is 3. The van der Waals surface area contributed by atoms with Crippen molar-refractivity contribution in [3.8, 4) is 0 Å². The van der Waals surface area contributed by atoms with Crippen molar-refractivity contribution in [2.24, 2.45) is 0 Å². The third-order valence-electron chi connectivity index (χ3n) is 4.21. The molecule has 0 atom stereocenters. The molecular formula is C20H15Cl2N3O5S. The predicted octanol–water partition coefficient (Wildman–Crippen LogP) is 4.63. The van der Waals surface area contributed by atoms with Gasteiger partial charge in [-0.3, -0.25) is 19.6 Å². The maximum atomic E-state index is 12.7. The number of rotatable bonds is 7. The lowest BCUT2D eigenvalue weighted by Crippen LogP contribution is -2.24. The number of hydrogen-bond donors (Lipinski definition) is 2. The quantitative estimate of drug-likeness (QED) is 0.378. The Labute approximate surface area is 188 Å². The highest BCUT2D eigenvalue weighted by molar-refractivity contribution is 7.92. The van der Waals surface area contributed by atoms with Crippen molar-refractivity contribution < 1.29 is 18.1 Å². The Bertz CT molecular complexity index is 1250. The summed E-state index contributed by atoms with van der Waals surface area (Å²) in [6, 6.07) is 15.8. The van der Waals surface area contributed by atoms with Crippen LogP contribution in [-0.2, 0) is 16.6 Å². The molecule has 0 fully saturated rings. The van der Waals surface area contributed by atoms with Gasteiger partial charge in [-0.1, -0.05) is 41.4 Å². The zero-order valence-electron chi connectivity index (χ0n) is 15.7. The molecule has 3 aromatic carbocycles. The summed E-state index contributed by atoms with van der Waals surface area (Å²) >= 11 is 11.9. The molecule has 0 aliphatic rings. The topological polar surface area (TPSA) is 118 Å². The third-order valence-corrected chi connectivity index (χ3v) is 6.32. The molecule has 8 nitrogen and oxygen atoms in total. The summed E-state index contributed by atoms with van der Waals surface area (Å²) in [4.78, 5) is 22.8. The van der Waals surface area contributed by atoms with Gasteiger partial charge in [0.2, 0.25) is 0 Å². The van der Waals surface area contributed by atoms with E-state index in [2.05, 4.69) is 10.0 Å². The normalized spacial score (nSPS) is 11.0. The van der Waals surface area contributed by atoms with E-state index < -0.39 is 20.9 Å². The molecule has 0 unspecified atom stereocenters. The number of nitrogens with zero attached hydrogens (tertiary/aromatic N) is 1. The van der Waals surface area contributed by atoms with Gasteiger partial charge in [0, 0.05) is 34.4 Å². The van der Waals surface area contributed by atoms with Gasteiger partial charge in [-0.2, -0.15) is 0 Å². The first-order valence-electron chi connectivity index (χ1n) is 8.76. The SMILES string of the molecule is O=C(NCc1ccccc1[N+](=O)[O-])c1ccc(Cl)c(S(=O)(=O)Nc2ccc(Cl)cc2)c1. The summed E-state index contributed by atoms with van der Waals surface area (Å²) < 4.78 is 27.9. The second-order valence-corrected chi connectivity index (χ2v) is 8.82. The minimum absolute atomic E-state index is 0.0273. The molecule has 0 aliphatic heterocycles. The van der Waals surface area contributed by atoms with Gasteiger partial charge in [0.25, 0.3) is 21.6 Å². The second kappa shape index (κ2) is 9.34. The van der Waals surface area contributed by atoms with Gasteiger partial charge >= 0.3 is 0 Å². The van der Waals surface area contributed by atoms with Gasteiger partial charge in [0.05, 0.1) is 9.95 Å². The zero-order chi connectivity index (χ0) is 22.6. The molecule has 1 amide bonds. The molecule has 31 heavy (non-hydrogen) atoms. The number of amides is 1. The van der Waals surface area contributed by atoms with Gasteiger partial charge < -0.3 is 5.32 Å². The molecule has 0 heterocycles. The fraction of sp³-hybridized carbons (Fsp3) is 0.0500. The summed E-state index contributed by atoms with van der Waals surface area (Å²) in [5, 5.41) is 14.0. The van der Waals surface area contributed by atoms with E-state index in [1.807, 2.05) is 0 Å². The summed E-state index contributed by atoms with van der Waals surface area (Å²) in [6.07, 6.45) is 0. The first-order valence-corrected chi connectivity index (χ1v) is 11.0. The molecule has 0 bridgehead atoms. The van der Waals surface area contributed by atoms with Crippen molar-refractivity contribution in [2.45, 2.75) is 11.4 Å². The minimum atomic E-state index is -4.09. The molecule has 0 saturated heterocycles. The van der Waals surface area contributed by atoms with Crippen molar-refractivity contribution in [3.63, 3.8) is 0 Å². The average molecular weight is 480 g/mol. The van der Waals surface area contributed by atoms with Crippen molar-refractivity contribution in [2.75, 3.05) is 4.72 Å². The summed E-state index contributed by atoms with van der Waals surface area (Å²) in [5.41, 5.74) is 0.479. The van der Waals surface area contributed by atoms with Crippen LogP contribution < -0.4 is 10.0 Å². The van der Waals surface area contributed by atoms with Gasteiger partial charge in [0.15, 0.2) is 0 Å². The lowest BCUT2D eigenvalue weighted by atomic mass is 10.1. The van der Waals surface area contributed by atoms with Crippen molar-refractivity contribution in [1.29, 1.82) is 0 Å².